The summed E-state index contributed by atoms with van der Waals surface area (Å²) in [4.78, 5) is 30.8. The summed E-state index contributed by atoms with van der Waals surface area (Å²) >= 11 is 0. The smallest absolute Gasteiger partial charge is 0.255 e. The van der Waals surface area contributed by atoms with Crippen molar-refractivity contribution in [3.8, 4) is 0 Å². The average Bonchev–Trinajstić information content (AvgIpc) is 3.03. The molecule has 0 aliphatic carbocycles. The number of aryl methyl sites for hydroxylation is 1. The third-order valence-electron chi connectivity index (χ3n) is 4.32. The maximum absolute atomic E-state index is 13.2. The van der Waals surface area contributed by atoms with Crippen LogP contribution < -0.4 is 5.32 Å². The van der Waals surface area contributed by atoms with Crippen LogP contribution in [-0.2, 0) is 4.79 Å². The molecular weight excluding hydrogens is 361 g/mol. The number of benzene rings is 1. The van der Waals surface area contributed by atoms with Crippen molar-refractivity contribution in [3.63, 3.8) is 0 Å². The third kappa shape index (κ3) is 4.00. The van der Waals surface area contributed by atoms with E-state index in [1.807, 2.05) is 13.8 Å². The quantitative estimate of drug-likeness (QED) is 0.734. The molecule has 7 nitrogen and oxygen atoms in total. The predicted octanol–water partition coefficient (Wildman–Crippen LogP) is 3.17. The van der Waals surface area contributed by atoms with Gasteiger partial charge in [-0.15, -0.1) is 0 Å². The molecule has 0 radical (unpaired) electrons. The number of hydrogen-bond donors (Lipinski definition) is 1. The fourth-order valence-electron chi connectivity index (χ4n) is 2.92. The van der Waals surface area contributed by atoms with Crippen molar-refractivity contribution in [1.29, 1.82) is 0 Å². The molecule has 0 spiro atoms. The van der Waals surface area contributed by atoms with E-state index in [9.17, 15) is 14.0 Å². The van der Waals surface area contributed by atoms with E-state index in [4.69, 9.17) is 0 Å². The molecule has 2 aromatic heterocycles. The minimum atomic E-state index is -0.445. The van der Waals surface area contributed by atoms with Crippen LogP contribution in [0.4, 0.5) is 10.1 Å². The highest BCUT2D eigenvalue weighted by Crippen LogP contribution is 2.20. The molecule has 0 aliphatic heterocycles. The van der Waals surface area contributed by atoms with Crippen molar-refractivity contribution in [2.75, 3.05) is 18.9 Å². The van der Waals surface area contributed by atoms with E-state index in [0.29, 0.717) is 16.9 Å². The molecule has 8 heteroatoms. The Morgan fingerprint density at radius 3 is 2.71 bits per heavy atom. The number of fused-ring (bicyclic) bond motifs is 1. The second kappa shape index (κ2) is 7.75. The van der Waals surface area contributed by atoms with E-state index >= 15 is 0 Å². The molecule has 1 N–H and O–H groups in total. The van der Waals surface area contributed by atoms with Crippen LogP contribution >= 0.6 is 0 Å². The second-order valence-electron chi connectivity index (χ2n) is 6.94. The van der Waals surface area contributed by atoms with E-state index < -0.39 is 11.7 Å². The SMILES string of the molecule is Cc1nc2c(cnn2C(C)C)cc1C(=O)N(C)CC(=O)Nc1cccc(F)c1. The normalized spacial score (nSPS) is 11.1. The zero-order valence-electron chi connectivity index (χ0n) is 16.2. The van der Waals surface area contributed by atoms with Crippen LogP contribution in [0, 0.1) is 12.7 Å². The van der Waals surface area contributed by atoms with Gasteiger partial charge in [-0.05, 0) is 45.0 Å². The van der Waals surface area contributed by atoms with E-state index in [0.717, 1.165) is 11.0 Å². The van der Waals surface area contributed by atoms with Crippen LogP contribution in [-0.4, -0.2) is 45.1 Å². The summed E-state index contributed by atoms with van der Waals surface area (Å²) in [6.07, 6.45) is 1.68. The molecule has 3 rings (SSSR count). The Labute approximate surface area is 162 Å². The van der Waals surface area contributed by atoms with E-state index in [1.165, 1.54) is 30.1 Å². The Balaban J connectivity index is 1.75. The number of anilines is 1. The van der Waals surface area contributed by atoms with E-state index in [2.05, 4.69) is 15.4 Å². The average molecular weight is 383 g/mol. The summed E-state index contributed by atoms with van der Waals surface area (Å²) in [5, 5.41) is 7.66. The number of pyridine rings is 1. The minimum Gasteiger partial charge on any atom is -0.332 e. The van der Waals surface area contributed by atoms with Gasteiger partial charge in [-0.3, -0.25) is 9.59 Å². The molecule has 0 unspecified atom stereocenters. The number of likely N-dealkylation sites (N-methyl/N-ethyl adjacent to an activating group) is 1. The molecule has 0 bridgehead atoms. The molecule has 0 saturated carbocycles. The van der Waals surface area contributed by atoms with Crippen LogP contribution in [0.5, 0.6) is 0 Å². The van der Waals surface area contributed by atoms with Crippen molar-refractivity contribution >= 4 is 28.5 Å². The van der Waals surface area contributed by atoms with Crippen molar-refractivity contribution in [2.24, 2.45) is 0 Å². The molecule has 0 fully saturated rings. The Kier molecular flexibility index (Phi) is 5.39. The van der Waals surface area contributed by atoms with Crippen LogP contribution in [0.1, 0.15) is 35.9 Å². The van der Waals surface area contributed by atoms with E-state index in [1.54, 1.807) is 29.9 Å². The summed E-state index contributed by atoms with van der Waals surface area (Å²) in [5.74, 6) is -1.18. The molecule has 0 aliphatic rings. The van der Waals surface area contributed by atoms with Crippen LogP contribution in [0.2, 0.25) is 0 Å². The molecular formula is C20H22FN5O2. The first kappa shape index (κ1) is 19.5. The summed E-state index contributed by atoms with van der Waals surface area (Å²) in [7, 11) is 1.54. The number of hydrogen-bond acceptors (Lipinski definition) is 4. The maximum Gasteiger partial charge on any atom is 0.255 e. The van der Waals surface area contributed by atoms with Crippen molar-refractivity contribution < 1.29 is 14.0 Å². The lowest BCUT2D eigenvalue weighted by Gasteiger charge is -2.18. The lowest BCUT2D eigenvalue weighted by atomic mass is 10.1. The molecule has 2 amide bonds. The highest BCUT2D eigenvalue weighted by molar-refractivity contribution is 6.01. The van der Waals surface area contributed by atoms with Crippen molar-refractivity contribution in [2.45, 2.75) is 26.8 Å². The summed E-state index contributed by atoms with van der Waals surface area (Å²) in [6.45, 7) is 5.60. The molecule has 1 aromatic carbocycles. The first-order valence-electron chi connectivity index (χ1n) is 8.92. The van der Waals surface area contributed by atoms with Crippen LogP contribution in [0.3, 0.4) is 0 Å². The lowest BCUT2D eigenvalue weighted by Crippen LogP contribution is -2.35. The zero-order valence-corrected chi connectivity index (χ0v) is 16.2. The van der Waals surface area contributed by atoms with Crippen molar-refractivity contribution in [1.82, 2.24) is 19.7 Å². The van der Waals surface area contributed by atoms with Gasteiger partial charge < -0.3 is 10.2 Å². The molecule has 3 aromatic rings. The topological polar surface area (TPSA) is 80.1 Å². The Bertz CT molecular complexity index is 1040. The molecule has 0 saturated heterocycles. The monoisotopic (exact) mass is 383 g/mol. The standard InChI is InChI=1S/C20H22FN5O2/c1-12(2)26-19-14(10-22-26)8-17(13(3)23-19)20(28)25(4)11-18(27)24-16-7-5-6-15(21)9-16/h5-10,12H,11H2,1-4H3,(H,24,27). The van der Waals surface area contributed by atoms with Crippen LogP contribution in [0.15, 0.2) is 36.5 Å². The van der Waals surface area contributed by atoms with Gasteiger partial charge in [0.15, 0.2) is 5.65 Å². The first-order valence-corrected chi connectivity index (χ1v) is 8.92. The fourth-order valence-corrected chi connectivity index (χ4v) is 2.92. The van der Waals surface area contributed by atoms with Gasteiger partial charge in [0.25, 0.3) is 5.91 Å². The van der Waals surface area contributed by atoms with Gasteiger partial charge in [0.2, 0.25) is 5.91 Å². The molecule has 0 atom stereocenters. The molecule has 28 heavy (non-hydrogen) atoms. The number of rotatable bonds is 5. The van der Waals surface area contributed by atoms with Crippen molar-refractivity contribution in [3.05, 3.63) is 53.6 Å². The largest absolute Gasteiger partial charge is 0.332 e. The predicted molar refractivity (Wildman–Crippen MR) is 105 cm³/mol. The fraction of sp³-hybridized carbons (Fsp3) is 0.300. The zero-order chi connectivity index (χ0) is 20.4. The highest BCUT2D eigenvalue weighted by atomic mass is 19.1. The lowest BCUT2D eigenvalue weighted by molar-refractivity contribution is -0.116. The van der Waals surface area contributed by atoms with Gasteiger partial charge in [0.05, 0.1) is 24.0 Å². The molecule has 146 valence electrons. The van der Waals surface area contributed by atoms with Gasteiger partial charge in [0.1, 0.15) is 5.82 Å². The minimum absolute atomic E-state index is 0.153. The van der Waals surface area contributed by atoms with Gasteiger partial charge in [0, 0.05) is 24.2 Å². The summed E-state index contributed by atoms with van der Waals surface area (Å²) < 4.78 is 15.0. The number of carbonyl (C=O) groups excluding carboxylic acids is 2. The number of aromatic nitrogens is 3. The summed E-state index contributed by atoms with van der Waals surface area (Å²) in [5.41, 5.74) is 2.04. The number of carbonyl (C=O) groups is 2. The second-order valence-corrected chi connectivity index (χ2v) is 6.94. The number of nitrogens with zero attached hydrogens (tertiary/aromatic N) is 4. The summed E-state index contributed by atoms with van der Waals surface area (Å²) in [6, 6.07) is 7.48. The highest BCUT2D eigenvalue weighted by Gasteiger charge is 2.20. The molecule has 2 heterocycles. The van der Waals surface area contributed by atoms with Gasteiger partial charge in [-0.1, -0.05) is 6.07 Å². The first-order chi connectivity index (χ1) is 13.3. The number of amides is 2. The van der Waals surface area contributed by atoms with Crippen LogP contribution in [0.25, 0.3) is 11.0 Å². The Morgan fingerprint density at radius 2 is 2.04 bits per heavy atom. The maximum atomic E-state index is 13.2. The van der Waals surface area contributed by atoms with Gasteiger partial charge in [-0.25, -0.2) is 14.1 Å². The Morgan fingerprint density at radius 1 is 1.29 bits per heavy atom. The third-order valence-corrected chi connectivity index (χ3v) is 4.32. The van der Waals surface area contributed by atoms with Gasteiger partial charge in [-0.2, -0.15) is 5.10 Å². The number of nitrogens with one attached hydrogen (secondary N) is 1. The Hall–Kier alpha value is -3.29. The number of halogens is 1. The van der Waals surface area contributed by atoms with E-state index in [-0.39, 0.29) is 18.5 Å². The van der Waals surface area contributed by atoms with Gasteiger partial charge >= 0.3 is 0 Å².